The largest absolute Gasteiger partial charge is 0.467 e. The van der Waals surface area contributed by atoms with E-state index in [1.54, 1.807) is 28.2 Å². The Morgan fingerprint density at radius 2 is 1.60 bits per heavy atom. The highest BCUT2D eigenvalue weighted by molar-refractivity contribution is 6.16. The quantitative estimate of drug-likeness (QED) is 0.721. The van der Waals surface area contributed by atoms with E-state index in [1.807, 2.05) is 48.5 Å². The molecule has 0 unspecified atom stereocenters. The van der Waals surface area contributed by atoms with Gasteiger partial charge in [-0.3, -0.25) is 14.5 Å². The summed E-state index contributed by atoms with van der Waals surface area (Å²) in [5.41, 5.74) is 2.68. The molecule has 5 nitrogen and oxygen atoms in total. The first kappa shape index (κ1) is 14.0. The van der Waals surface area contributed by atoms with E-state index in [4.69, 9.17) is 4.42 Å². The van der Waals surface area contributed by atoms with E-state index in [2.05, 4.69) is 0 Å². The fraction of sp³-hybridized carbons (Fsp3) is 0.100. The monoisotopic (exact) mass is 330 g/mol. The first-order valence-electron chi connectivity index (χ1n) is 8.10. The average Bonchev–Trinajstić information content (AvgIpc) is 3.26. The standard InChI is InChI=1S/C20H14N2O3/c23-19-16-9-3-4-10-17(16)22-18(21(19)12-13-6-5-11-25-13)14-7-1-2-8-15(14)20(22)24/h1-11,18H,12H2/t18-/m0/s1. The molecule has 5 heteroatoms. The van der Waals surface area contributed by atoms with Crippen molar-refractivity contribution in [3.8, 4) is 0 Å². The Balaban J connectivity index is 1.72. The van der Waals surface area contributed by atoms with Crippen molar-refractivity contribution >= 4 is 17.5 Å². The average molecular weight is 330 g/mol. The molecule has 0 N–H and O–H groups in total. The molecule has 0 saturated heterocycles. The molecule has 122 valence electrons. The lowest BCUT2D eigenvalue weighted by Gasteiger charge is -2.40. The highest BCUT2D eigenvalue weighted by atomic mass is 16.3. The van der Waals surface area contributed by atoms with Crippen LogP contribution in [0.5, 0.6) is 0 Å². The van der Waals surface area contributed by atoms with E-state index in [-0.39, 0.29) is 11.8 Å². The molecule has 1 atom stereocenters. The number of carbonyl (C=O) groups is 2. The molecule has 0 fully saturated rings. The number of anilines is 1. The lowest BCUT2D eigenvalue weighted by molar-refractivity contribution is 0.0614. The van der Waals surface area contributed by atoms with Crippen LogP contribution in [0.25, 0.3) is 0 Å². The second-order valence-electron chi connectivity index (χ2n) is 6.17. The third-order valence-electron chi connectivity index (χ3n) is 4.79. The van der Waals surface area contributed by atoms with Crippen LogP contribution in [0.15, 0.2) is 71.3 Å². The van der Waals surface area contributed by atoms with Gasteiger partial charge in [-0.15, -0.1) is 0 Å². The number of hydrogen-bond acceptors (Lipinski definition) is 3. The summed E-state index contributed by atoms with van der Waals surface area (Å²) in [6.45, 7) is 0.308. The van der Waals surface area contributed by atoms with Gasteiger partial charge in [-0.05, 0) is 30.3 Å². The zero-order valence-electron chi connectivity index (χ0n) is 13.3. The number of fused-ring (bicyclic) bond motifs is 5. The second-order valence-corrected chi connectivity index (χ2v) is 6.17. The Morgan fingerprint density at radius 1 is 0.840 bits per heavy atom. The Kier molecular flexibility index (Phi) is 2.85. The Morgan fingerprint density at radius 3 is 2.40 bits per heavy atom. The molecule has 0 bridgehead atoms. The number of nitrogens with zero attached hydrogens (tertiary/aromatic N) is 2. The van der Waals surface area contributed by atoms with Gasteiger partial charge >= 0.3 is 0 Å². The van der Waals surface area contributed by atoms with E-state index in [0.29, 0.717) is 29.1 Å². The normalized spacial score (nSPS) is 18.2. The molecule has 1 aromatic heterocycles. The predicted molar refractivity (Wildman–Crippen MR) is 91.0 cm³/mol. The van der Waals surface area contributed by atoms with Crippen molar-refractivity contribution in [2.75, 3.05) is 4.90 Å². The van der Waals surface area contributed by atoms with E-state index >= 15 is 0 Å². The van der Waals surface area contributed by atoms with Crippen molar-refractivity contribution < 1.29 is 14.0 Å². The van der Waals surface area contributed by atoms with Crippen LogP contribution in [0.3, 0.4) is 0 Å². The van der Waals surface area contributed by atoms with Crippen molar-refractivity contribution in [3.05, 3.63) is 89.4 Å². The van der Waals surface area contributed by atoms with Gasteiger partial charge in [0.15, 0.2) is 0 Å². The SMILES string of the molecule is O=C1c2ccccc2N2C(=O)c3ccccc3[C@H]2N1Cc1ccco1. The van der Waals surface area contributed by atoms with Crippen LogP contribution in [0.1, 0.15) is 38.2 Å². The fourth-order valence-corrected chi connectivity index (χ4v) is 3.70. The van der Waals surface area contributed by atoms with Crippen LogP contribution < -0.4 is 4.90 Å². The molecule has 2 aliphatic heterocycles. The first-order valence-corrected chi connectivity index (χ1v) is 8.10. The van der Waals surface area contributed by atoms with Crippen molar-refractivity contribution in [2.24, 2.45) is 0 Å². The summed E-state index contributed by atoms with van der Waals surface area (Å²) in [4.78, 5) is 29.6. The van der Waals surface area contributed by atoms with Crippen molar-refractivity contribution in [1.29, 1.82) is 0 Å². The summed E-state index contributed by atoms with van der Waals surface area (Å²) >= 11 is 0. The molecule has 5 rings (SSSR count). The Hall–Kier alpha value is -3.34. The maximum absolute atomic E-state index is 13.1. The molecule has 0 aliphatic carbocycles. The van der Waals surface area contributed by atoms with Crippen molar-refractivity contribution in [3.63, 3.8) is 0 Å². The number of para-hydroxylation sites is 1. The third-order valence-corrected chi connectivity index (χ3v) is 4.79. The van der Waals surface area contributed by atoms with Crippen LogP contribution in [0.4, 0.5) is 5.69 Å². The van der Waals surface area contributed by atoms with Gasteiger partial charge in [-0.25, -0.2) is 0 Å². The van der Waals surface area contributed by atoms with Gasteiger partial charge in [0.2, 0.25) is 0 Å². The van der Waals surface area contributed by atoms with Crippen molar-refractivity contribution in [1.82, 2.24) is 4.90 Å². The summed E-state index contributed by atoms with van der Waals surface area (Å²) in [7, 11) is 0. The highest BCUT2D eigenvalue weighted by Gasteiger charge is 2.47. The van der Waals surface area contributed by atoms with E-state index in [9.17, 15) is 9.59 Å². The van der Waals surface area contributed by atoms with Gasteiger partial charge in [0.1, 0.15) is 11.9 Å². The highest BCUT2D eigenvalue weighted by Crippen LogP contribution is 2.45. The molecule has 3 aromatic rings. The van der Waals surface area contributed by atoms with Gasteiger partial charge in [-0.1, -0.05) is 30.3 Å². The first-order chi connectivity index (χ1) is 12.3. The molecule has 0 spiro atoms. The molecular formula is C20H14N2O3. The molecule has 0 radical (unpaired) electrons. The fourth-order valence-electron chi connectivity index (χ4n) is 3.70. The molecule has 2 amide bonds. The zero-order chi connectivity index (χ0) is 17.0. The van der Waals surface area contributed by atoms with Gasteiger partial charge < -0.3 is 9.32 Å². The van der Waals surface area contributed by atoms with Crippen LogP contribution in [-0.4, -0.2) is 16.7 Å². The van der Waals surface area contributed by atoms with Crippen molar-refractivity contribution in [2.45, 2.75) is 12.7 Å². The number of benzene rings is 2. The number of rotatable bonds is 2. The summed E-state index contributed by atoms with van der Waals surface area (Å²) in [5.74, 6) is 0.507. The lowest BCUT2D eigenvalue weighted by Crippen LogP contribution is -2.47. The number of amides is 2. The second kappa shape index (κ2) is 5.08. The zero-order valence-corrected chi connectivity index (χ0v) is 13.3. The Labute approximate surface area is 144 Å². The topological polar surface area (TPSA) is 53.8 Å². The number of carbonyl (C=O) groups excluding carboxylic acids is 2. The minimum atomic E-state index is -0.448. The van der Waals surface area contributed by atoms with Gasteiger partial charge in [-0.2, -0.15) is 0 Å². The molecule has 2 aromatic carbocycles. The maximum atomic E-state index is 13.1. The minimum Gasteiger partial charge on any atom is -0.467 e. The van der Waals surface area contributed by atoms with Gasteiger partial charge in [0.05, 0.1) is 24.1 Å². The van der Waals surface area contributed by atoms with E-state index in [1.165, 1.54) is 0 Å². The smallest absolute Gasteiger partial charge is 0.260 e. The van der Waals surface area contributed by atoms with Gasteiger partial charge in [0, 0.05) is 11.1 Å². The third kappa shape index (κ3) is 1.89. The van der Waals surface area contributed by atoms with Crippen LogP contribution in [0, 0.1) is 0 Å². The molecule has 2 aliphatic rings. The summed E-state index contributed by atoms with van der Waals surface area (Å²) < 4.78 is 5.44. The minimum absolute atomic E-state index is 0.0787. The molecule has 0 saturated carbocycles. The molecular weight excluding hydrogens is 316 g/mol. The van der Waals surface area contributed by atoms with Gasteiger partial charge in [0.25, 0.3) is 11.8 Å². The van der Waals surface area contributed by atoms with E-state index < -0.39 is 6.17 Å². The molecule has 25 heavy (non-hydrogen) atoms. The summed E-state index contributed by atoms with van der Waals surface area (Å²) in [6.07, 6.45) is 1.14. The predicted octanol–water partition coefficient (Wildman–Crippen LogP) is 3.59. The lowest BCUT2D eigenvalue weighted by atomic mass is 10.0. The summed E-state index contributed by atoms with van der Waals surface area (Å²) in [5, 5.41) is 0. The maximum Gasteiger partial charge on any atom is 0.260 e. The molecule has 3 heterocycles. The Bertz CT molecular complexity index is 994. The van der Waals surface area contributed by atoms with E-state index in [0.717, 1.165) is 5.56 Å². The summed E-state index contributed by atoms with van der Waals surface area (Å²) in [6, 6.07) is 18.4. The number of hydrogen-bond donors (Lipinski definition) is 0. The van der Waals surface area contributed by atoms with Crippen LogP contribution >= 0.6 is 0 Å². The van der Waals surface area contributed by atoms with Crippen LogP contribution in [-0.2, 0) is 6.54 Å². The number of furan rings is 1. The van der Waals surface area contributed by atoms with Crippen LogP contribution in [0.2, 0.25) is 0 Å².